The van der Waals surface area contributed by atoms with Gasteiger partial charge >= 0.3 is 0 Å². The topological polar surface area (TPSA) is 58.9 Å². The first-order valence-corrected chi connectivity index (χ1v) is 8.00. The van der Waals surface area contributed by atoms with E-state index in [4.69, 9.17) is 4.98 Å². The first kappa shape index (κ1) is 12.4. The van der Waals surface area contributed by atoms with Crippen LogP contribution in [0, 0.1) is 0 Å². The van der Waals surface area contributed by atoms with Crippen LogP contribution in [0.5, 0.6) is 0 Å². The average molecular weight is 290 g/mol. The van der Waals surface area contributed by atoms with Crippen molar-refractivity contribution in [2.24, 2.45) is 0 Å². The van der Waals surface area contributed by atoms with E-state index in [9.17, 15) is 0 Å². The van der Waals surface area contributed by atoms with Crippen LogP contribution in [0.15, 0.2) is 11.7 Å². The molecule has 0 spiro atoms. The molecular weight excluding hydrogens is 272 g/mol. The van der Waals surface area contributed by atoms with Gasteiger partial charge in [0.15, 0.2) is 0 Å². The van der Waals surface area contributed by atoms with Gasteiger partial charge in [-0.1, -0.05) is 0 Å². The summed E-state index contributed by atoms with van der Waals surface area (Å²) in [6, 6.07) is 0.746. The zero-order valence-corrected chi connectivity index (χ0v) is 12.1. The largest absolute Gasteiger partial charge is 0.315 e. The Kier molecular flexibility index (Phi) is 3.25. The van der Waals surface area contributed by atoms with Gasteiger partial charge in [0.1, 0.15) is 17.2 Å². The van der Waals surface area contributed by atoms with E-state index in [2.05, 4.69) is 30.4 Å². The van der Waals surface area contributed by atoms with Crippen LogP contribution >= 0.6 is 11.3 Å². The van der Waals surface area contributed by atoms with Gasteiger partial charge in [0.05, 0.1) is 12.2 Å². The number of rotatable bonds is 5. The van der Waals surface area contributed by atoms with Gasteiger partial charge < -0.3 is 9.88 Å². The van der Waals surface area contributed by atoms with Crippen LogP contribution < -0.4 is 5.32 Å². The highest BCUT2D eigenvalue weighted by atomic mass is 32.1. The molecule has 4 rings (SSSR count). The molecule has 0 aromatic carbocycles. The fourth-order valence-electron chi connectivity index (χ4n) is 2.50. The molecule has 1 saturated carbocycles. The lowest BCUT2D eigenvalue weighted by Crippen LogP contribution is -2.33. The number of hydrogen-bond donors (Lipinski definition) is 1. The Morgan fingerprint density at radius 2 is 2.30 bits per heavy atom. The Bertz CT molecular complexity index is 587. The van der Waals surface area contributed by atoms with Crippen molar-refractivity contribution in [2.45, 2.75) is 45.1 Å². The van der Waals surface area contributed by atoms with Crippen molar-refractivity contribution in [2.75, 3.05) is 6.54 Å². The first-order valence-electron chi connectivity index (χ1n) is 7.12. The zero-order valence-electron chi connectivity index (χ0n) is 11.3. The van der Waals surface area contributed by atoms with Crippen LogP contribution in [0.2, 0.25) is 0 Å². The lowest BCUT2D eigenvalue weighted by Gasteiger charge is -2.25. The molecule has 1 aliphatic heterocycles. The molecular formula is C13H18N6S. The molecule has 2 aromatic rings. The van der Waals surface area contributed by atoms with E-state index in [1.807, 2.05) is 6.33 Å². The predicted octanol–water partition coefficient (Wildman–Crippen LogP) is 1.00. The lowest BCUT2D eigenvalue weighted by molar-refractivity contribution is 0.207. The molecule has 0 amide bonds. The smallest absolute Gasteiger partial charge is 0.147 e. The second kappa shape index (κ2) is 5.23. The van der Waals surface area contributed by atoms with Crippen molar-refractivity contribution in [3.8, 4) is 0 Å². The van der Waals surface area contributed by atoms with Crippen molar-refractivity contribution in [3.63, 3.8) is 0 Å². The highest BCUT2D eigenvalue weighted by molar-refractivity contribution is 7.09. The molecule has 2 aliphatic rings. The molecule has 7 heteroatoms. The van der Waals surface area contributed by atoms with E-state index in [1.165, 1.54) is 23.5 Å². The minimum absolute atomic E-state index is 0.746. The standard InChI is InChI=1S/C13H18N6S/c1-2-10(1)14-5-13-16-11(8-20-13)6-18-3-4-19-9-15-17-12(19)7-18/h8-10,14H,1-7H2. The Hall–Kier alpha value is -1.31. The molecule has 0 radical (unpaired) electrons. The maximum atomic E-state index is 4.72. The minimum Gasteiger partial charge on any atom is -0.315 e. The number of aromatic nitrogens is 4. The van der Waals surface area contributed by atoms with E-state index >= 15 is 0 Å². The summed E-state index contributed by atoms with van der Waals surface area (Å²) in [6.45, 7) is 4.71. The van der Waals surface area contributed by atoms with Crippen molar-refractivity contribution in [3.05, 3.63) is 28.2 Å². The summed E-state index contributed by atoms with van der Waals surface area (Å²) in [5, 5.41) is 15.0. The van der Waals surface area contributed by atoms with Crippen molar-refractivity contribution in [1.82, 2.24) is 30.0 Å². The third-order valence-electron chi connectivity index (χ3n) is 3.82. The SMILES string of the molecule is c1sc(CNC2CC2)nc1CN1CCn2cnnc2C1. The number of hydrogen-bond acceptors (Lipinski definition) is 6. The van der Waals surface area contributed by atoms with Crippen LogP contribution in [-0.2, 0) is 26.2 Å². The Morgan fingerprint density at radius 1 is 1.35 bits per heavy atom. The van der Waals surface area contributed by atoms with Gasteiger partial charge in [-0.3, -0.25) is 4.90 Å². The summed E-state index contributed by atoms with van der Waals surface area (Å²) in [6.07, 6.45) is 4.47. The molecule has 0 atom stereocenters. The van der Waals surface area contributed by atoms with Crippen LogP contribution in [0.1, 0.15) is 29.4 Å². The fraction of sp³-hybridized carbons (Fsp3) is 0.615. The van der Waals surface area contributed by atoms with Gasteiger partial charge in [-0.2, -0.15) is 0 Å². The number of nitrogens with zero attached hydrogens (tertiary/aromatic N) is 5. The quantitative estimate of drug-likeness (QED) is 0.890. The summed E-state index contributed by atoms with van der Waals surface area (Å²) in [5.74, 6) is 1.06. The maximum absolute atomic E-state index is 4.72. The van der Waals surface area contributed by atoms with Crippen LogP contribution in [0.3, 0.4) is 0 Å². The highest BCUT2D eigenvalue weighted by Gasteiger charge is 2.21. The summed E-state index contributed by atoms with van der Waals surface area (Å²) in [4.78, 5) is 7.11. The molecule has 0 saturated heterocycles. The van der Waals surface area contributed by atoms with Crippen molar-refractivity contribution < 1.29 is 0 Å². The molecule has 2 aromatic heterocycles. The number of nitrogens with one attached hydrogen (secondary N) is 1. The molecule has 1 fully saturated rings. The Balaban J connectivity index is 1.34. The van der Waals surface area contributed by atoms with Crippen molar-refractivity contribution >= 4 is 11.3 Å². The third kappa shape index (κ3) is 2.74. The second-order valence-electron chi connectivity index (χ2n) is 5.54. The van der Waals surface area contributed by atoms with E-state index in [1.54, 1.807) is 11.3 Å². The van der Waals surface area contributed by atoms with Crippen LogP contribution in [0.4, 0.5) is 0 Å². The maximum Gasteiger partial charge on any atom is 0.147 e. The number of fused-ring (bicyclic) bond motifs is 1. The molecule has 0 unspecified atom stereocenters. The molecule has 6 nitrogen and oxygen atoms in total. The minimum atomic E-state index is 0.746. The predicted molar refractivity (Wildman–Crippen MR) is 76.1 cm³/mol. The van der Waals surface area contributed by atoms with Gasteiger partial charge in [-0.25, -0.2) is 4.98 Å². The van der Waals surface area contributed by atoms with E-state index in [0.29, 0.717) is 0 Å². The Labute approximate surface area is 121 Å². The molecule has 0 bridgehead atoms. The molecule has 20 heavy (non-hydrogen) atoms. The summed E-state index contributed by atoms with van der Waals surface area (Å²) in [7, 11) is 0. The van der Waals surface area contributed by atoms with Gasteiger partial charge in [-0.05, 0) is 12.8 Å². The van der Waals surface area contributed by atoms with Crippen LogP contribution in [0.25, 0.3) is 0 Å². The summed E-state index contributed by atoms with van der Waals surface area (Å²) in [5.41, 5.74) is 1.18. The number of thiazole rings is 1. The first-order chi connectivity index (χ1) is 9.87. The van der Waals surface area contributed by atoms with Gasteiger partial charge in [0.25, 0.3) is 0 Å². The second-order valence-corrected chi connectivity index (χ2v) is 6.48. The normalized spacial score (nSPS) is 19.2. The van der Waals surface area contributed by atoms with Crippen molar-refractivity contribution in [1.29, 1.82) is 0 Å². The van der Waals surface area contributed by atoms with Gasteiger partial charge in [-0.15, -0.1) is 21.5 Å². The molecule has 3 heterocycles. The van der Waals surface area contributed by atoms with E-state index in [-0.39, 0.29) is 0 Å². The van der Waals surface area contributed by atoms with Crippen LogP contribution in [-0.4, -0.2) is 37.2 Å². The Morgan fingerprint density at radius 3 is 3.20 bits per heavy atom. The van der Waals surface area contributed by atoms with E-state index in [0.717, 1.165) is 44.6 Å². The molecule has 1 N–H and O–H groups in total. The summed E-state index contributed by atoms with van der Waals surface area (Å²) >= 11 is 1.76. The van der Waals surface area contributed by atoms with Gasteiger partial charge in [0, 0.05) is 37.6 Å². The molecule has 106 valence electrons. The fourth-order valence-corrected chi connectivity index (χ4v) is 3.24. The highest BCUT2D eigenvalue weighted by Crippen LogP contribution is 2.20. The van der Waals surface area contributed by atoms with Gasteiger partial charge in [0.2, 0.25) is 0 Å². The summed E-state index contributed by atoms with van der Waals surface area (Å²) < 4.78 is 2.13. The third-order valence-corrected chi connectivity index (χ3v) is 4.72. The monoisotopic (exact) mass is 290 g/mol. The van der Waals surface area contributed by atoms with E-state index < -0.39 is 0 Å². The zero-order chi connectivity index (χ0) is 13.4. The lowest BCUT2D eigenvalue weighted by atomic mass is 10.3. The molecule has 1 aliphatic carbocycles. The average Bonchev–Trinajstić information content (AvgIpc) is 2.99.